The lowest BCUT2D eigenvalue weighted by molar-refractivity contribution is 0.0994. The highest BCUT2D eigenvalue weighted by molar-refractivity contribution is 6.24. The molecule has 1 fully saturated rings. The molecule has 2 N–H and O–H groups in total. The van der Waals surface area contributed by atoms with Gasteiger partial charge in [0.05, 0.1) is 16.9 Å². The number of pyridine rings is 1. The van der Waals surface area contributed by atoms with Crippen LogP contribution in [0.2, 0.25) is 0 Å². The van der Waals surface area contributed by atoms with Crippen molar-refractivity contribution in [3.8, 4) is 0 Å². The van der Waals surface area contributed by atoms with E-state index in [9.17, 15) is 9.59 Å². The zero-order chi connectivity index (χ0) is 23.9. The number of nitrogens with zero attached hydrogens (tertiary/aromatic N) is 4. The minimum Gasteiger partial charge on any atom is -0.338 e. The number of imide groups is 1. The number of piperidine rings is 1. The number of hydrogen-bond acceptors (Lipinski definition) is 6. The minimum absolute atomic E-state index is 0.359. The fourth-order valence-electron chi connectivity index (χ4n) is 4.91. The van der Waals surface area contributed by atoms with Crippen LogP contribution in [0.3, 0.4) is 0 Å². The number of benzene rings is 1. The van der Waals surface area contributed by atoms with E-state index in [2.05, 4.69) is 39.3 Å². The summed E-state index contributed by atoms with van der Waals surface area (Å²) in [7, 11) is 0. The van der Waals surface area contributed by atoms with E-state index in [-0.39, 0.29) is 5.91 Å². The molecule has 1 aromatic carbocycles. The average molecular weight is 465 g/mol. The van der Waals surface area contributed by atoms with E-state index in [0.717, 1.165) is 39.1 Å². The van der Waals surface area contributed by atoms with Crippen LogP contribution in [0, 0.1) is 0 Å². The van der Waals surface area contributed by atoms with Gasteiger partial charge in [-0.2, -0.15) is 0 Å². The van der Waals surface area contributed by atoms with Gasteiger partial charge in [0, 0.05) is 31.9 Å². The molecule has 3 heterocycles. The Kier molecular flexibility index (Phi) is 8.13. The van der Waals surface area contributed by atoms with Crippen molar-refractivity contribution in [2.24, 2.45) is 0 Å². The van der Waals surface area contributed by atoms with Gasteiger partial charge in [0.2, 0.25) is 0 Å². The highest BCUT2D eigenvalue weighted by atomic mass is 16.2. The number of hydrogen-bond donors (Lipinski definition) is 2. The van der Waals surface area contributed by atoms with Crippen LogP contribution in [0.4, 0.5) is 22.0 Å². The van der Waals surface area contributed by atoms with Gasteiger partial charge in [0.1, 0.15) is 0 Å². The molecular formula is C26H36N6O2. The second-order valence-electron chi connectivity index (χ2n) is 8.94. The summed E-state index contributed by atoms with van der Waals surface area (Å²) in [5.74, 6) is 0.131. The second kappa shape index (κ2) is 11.4. The van der Waals surface area contributed by atoms with Crippen LogP contribution in [0.25, 0.3) is 0 Å². The fourth-order valence-corrected chi connectivity index (χ4v) is 4.91. The molecule has 2 aliphatic rings. The topological polar surface area (TPSA) is 80.8 Å². The molecule has 3 amide bonds. The number of carbonyl (C=O) groups excluding carboxylic acids is 2. The average Bonchev–Trinajstić information content (AvgIpc) is 2.99. The smallest absolute Gasteiger partial charge is 0.329 e. The number of urea groups is 1. The number of fused-ring (bicyclic) bond motifs is 2. The van der Waals surface area contributed by atoms with Gasteiger partial charge in [-0.1, -0.05) is 32.4 Å². The number of para-hydroxylation sites is 1. The SMILES string of the molecule is CCN(CC)CC1CCCCN1CCCNC(=O)N1C(=O)c2ccccc2Nc2ncccc21. The fraction of sp³-hybridized carbons (Fsp3) is 0.500. The van der Waals surface area contributed by atoms with Gasteiger partial charge < -0.3 is 15.5 Å². The van der Waals surface area contributed by atoms with Gasteiger partial charge in [-0.05, 0) is 63.2 Å². The van der Waals surface area contributed by atoms with E-state index in [1.165, 1.54) is 24.2 Å². The number of carbonyl (C=O) groups is 2. The molecule has 1 saturated heterocycles. The monoisotopic (exact) mass is 464 g/mol. The first-order valence-electron chi connectivity index (χ1n) is 12.5. The second-order valence-corrected chi connectivity index (χ2v) is 8.94. The van der Waals surface area contributed by atoms with Crippen LogP contribution < -0.4 is 15.5 Å². The molecule has 8 heteroatoms. The third-order valence-electron chi connectivity index (χ3n) is 6.85. The van der Waals surface area contributed by atoms with E-state index in [4.69, 9.17) is 0 Å². The van der Waals surface area contributed by atoms with E-state index in [1.807, 2.05) is 12.1 Å². The van der Waals surface area contributed by atoms with Crippen molar-refractivity contribution in [2.45, 2.75) is 45.6 Å². The van der Waals surface area contributed by atoms with Crippen LogP contribution in [-0.2, 0) is 0 Å². The normalized spacial score (nSPS) is 18.1. The molecule has 0 saturated carbocycles. The largest absolute Gasteiger partial charge is 0.338 e. The third kappa shape index (κ3) is 5.39. The summed E-state index contributed by atoms with van der Waals surface area (Å²) in [5, 5.41) is 6.17. The summed E-state index contributed by atoms with van der Waals surface area (Å²) in [6, 6.07) is 10.8. The quantitative estimate of drug-likeness (QED) is 0.573. The third-order valence-corrected chi connectivity index (χ3v) is 6.85. The summed E-state index contributed by atoms with van der Waals surface area (Å²) in [5.41, 5.74) is 1.55. The van der Waals surface area contributed by atoms with Gasteiger partial charge in [0.25, 0.3) is 5.91 Å². The number of anilines is 3. The van der Waals surface area contributed by atoms with E-state index in [0.29, 0.717) is 35.3 Å². The molecule has 0 spiro atoms. The first-order valence-corrected chi connectivity index (χ1v) is 12.5. The summed E-state index contributed by atoms with van der Waals surface area (Å²) in [4.78, 5) is 37.1. The van der Waals surface area contributed by atoms with Crippen molar-refractivity contribution in [1.29, 1.82) is 0 Å². The Hall–Kier alpha value is -2.97. The maximum absolute atomic E-state index is 13.3. The Morgan fingerprint density at radius 3 is 2.82 bits per heavy atom. The molecule has 8 nitrogen and oxygen atoms in total. The molecule has 1 atom stereocenters. The molecule has 1 unspecified atom stereocenters. The summed E-state index contributed by atoms with van der Waals surface area (Å²) in [6.07, 6.45) is 6.25. The van der Waals surface area contributed by atoms with Crippen LogP contribution in [0.5, 0.6) is 0 Å². The van der Waals surface area contributed by atoms with Gasteiger partial charge in [0.15, 0.2) is 5.82 Å². The lowest BCUT2D eigenvalue weighted by Crippen LogP contribution is -2.48. The van der Waals surface area contributed by atoms with Crippen LogP contribution in [0.1, 0.15) is 49.9 Å². The zero-order valence-electron chi connectivity index (χ0n) is 20.3. The summed E-state index contributed by atoms with van der Waals surface area (Å²) < 4.78 is 0. The molecule has 1 aromatic heterocycles. The van der Waals surface area contributed by atoms with Crippen molar-refractivity contribution in [1.82, 2.24) is 20.1 Å². The molecule has 0 radical (unpaired) electrons. The Morgan fingerprint density at radius 1 is 1.18 bits per heavy atom. The Balaban J connectivity index is 1.38. The molecule has 0 aliphatic carbocycles. The van der Waals surface area contributed by atoms with Crippen molar-refractivity contribution >= 4 is 29.1 Å². The standard InChI is InChI=1S/C26H36N6O2/c1-3-30(4-2)19-20-11-7-8-17-31(20)18-10-16-28-26(34)32-23-14-9-15-27-24(23)29-22-13-6-5-12-21(22)25(32)33/h5-6,9,12-15,20H,3-4,7-8,10-11,16-19H2,1-2H3,(H,27,29)(H,28,34). The van der Waals surface area contributed by atoms with Gasteiger partial charge in [-0.15, -0.1) is 0 Å². The molecule has 182 valence electrons. The van der Waals surface area contributed by atoms with Gasteiger partial charge in [-0.25, -0.2) is 14.7 Å². The number of nitrogens with one attached hydrogen (secondary N) is 2. The predicted molar refractivity (Wildman–Crippen MR) is 136 cm³/mol. The first-order chi connectivity index (χ1) is 16.6. The Labute approximate surface area is 202 Å². The molecule has 34 heavy (non-hydrogen) atoms. The lowest BCUT2D eigenvalue weighted by Gasteiger charge is -2.38. The Bertz CT molecular complexity index is 993. The molecule has 2 aliphatic heterocycles. The van der Waals surface area contributed by atoms with Gasteiger partial charge >= 0.3 is 6.03 Å². The number of amides is 3. The summed E-state index contributed by atoms with van der Waals surface area (Å²) >= 11 is 0. The Morgan fingerprint density at radius 2 is 2.00 bits per heavy atom. The lowest BCUT2D eigenvalue weighted by atomic mass is 10.0. The number of rotatable bonds is 8. The van der Waals surface area contributed by atoms with Crippen molar-refractivity contribution in [3.05, 3.63) is 48.2 Å². The van der Waals surface area contributed by atoms with Crippen LogP contribution in [-0.4, -0.2) is 72.0 Å². The highest BCUT2D eigenvalue weighted by Crippen LogP contribution is 2.33. The minimum atomic E-state index is -0.420. The van der Waals surface area contributed by atoms with E-state index in [1.54, 1.807) is 30.5 Å². The van der Waals surface area contributed by atoms with Crippen molar-refractivity contribution in [3.63, 3.8) is 0 Å². The maximum Gasteiger partial charge on any atom is 0.329 e. The first kappa shape index (κ1) is 24.2. The number of aromatic nitrogens is 1. The van der Waals surface area contributed by atoms with Crippen molar-refractivity contribution in [2.75, 3.05) is 49.5 Å². The summed E-state index contributed by atoms with van der Waals surface area (Å²) in [6.45, 7) is 10.3. The highest BCUT2D eigenvalue weighted by Gasteiger charge is 2.32. The van der Waals surface area contributed by atoms with Crippen molar-refractivity contribution < 1.29 is 9.59 Å². The number of likely N-dealkylation sites (tertiary alicyclic amines) is 1. The van der Waals surface area contributed by atoms with Crippen LogP contribution >= 0.6 is 0 Å². The number of likely N-dealkylation sites (N-methyl/N-ethyl adjacent to an activating group) is 1. The molecule has 2 aromatic rings. The molecular weight excluding hydrogens is 428 g/mol. The predicted octanol–water partition coefficient (Wildman–Crippen LogP) is 4.08. The van der Waals surface area contributed by atoms with E-state index >= 15 is 0 Å². The molecule has 0 bridgehead atoms. The van der Waals surface area contributed by atoms with E-state index < -0.39 is 6.03 Å². The van der Waals surface area contributed by atoms with Crippen LogP contribution in [0.15, 0.2) is 42.6 Å². The zero-order valence-corrected chi connectivity index (χ0v) is 20.3. The molecule has 4 rings (SSSR count). The van der Waals surface area contributed by atoms with Gasteiger partial charge in [-0.3, -0.25) is 9.69 Å². The maximum atomic E-state index is 13.3.